The normalized spacial score (nSPS) is 9.75. The second kappa shape index (κ2) is 6.95. The van der Waals surface area contributed by atoms with Crippen LogP contribution in [0, 0.1) is 17.7 Å². The van der Waals surface area contributed by atoms with Gasteiger partial charge in [0.2, 0.25) is 0 Å². The minimum absolute atomic E-state index is 0.259. The quantitative estimate of drug-likeness (QED) is 0.878. The fourth-order valence-corrected chi connectivity index (χ4v) is 1.85. The van der Waals surface area contributed by atoms with Crippen molar-refractivity contribution in [3.8, 4) is 17.6 Å². The standard InChI is InChI=1S/C16H12ClFO2/c17-14-5-1-3-12(9-14)11-20-16-10-15(18)7-6-13(16)4-2-8-19/h1,3,5-7,9-10,19H,8,11H2. The van der Waals surface area contributed by atoms with E-state index in [0.29, 0.717) is 16.3 Å². The number of hydrogen-bond donors (Lipinski definition) is 1. The van der Waals surface area contributed by atoms with Gasteiger partial charge in [0.05, 0.1) is 5.56 Å². The molecule has 2 aromatic carbocycles. The van der Waals surface area contributed by atoms with Crippen molar-refractivity contribution in [1.29, 1.82) is 0 Å². The van der Waals surface area contributed by atoms with Crippen LogP contribution in [-0.2, 0) is 6.61 Å². The minimum atomic E-state index is -0.402. The summed E-state index contributed by atoms with van der Waals surface area (Å²) in [5, 5.41) is 9.32. The van der Waals surface area contributed by atoms with Crippen molar-refractivity contribution in [3.63, 3.8) is 0 Å². The van der Waals surface area contributed by atoms with Crippen LogP contribution in [0.4, 0.5) is 4.39 Å². The summed E-state index contributed by atoms with van der Waals surface area (Å²) in [4.78, 5) is 0. The molecule has 1 N–H and O–H groups in total. The minimum Gasteiger partial charge on any atom is -0.487 e. The average Bonchev–Trinajstić information content (AvgIpc) is 2.44. The van der Waals surface area contributed by atoms with Crippen LogP contribution in [0.3, 0.4) is 0 Å². The summed E-state index contributed by atoms with van der Waals surface area (Å²) in [5.41, 5.74) is 1.41. The van der Waals surface area contributed by atoms with E-state index in [1.165, 1.54) is 18.2 Å². The number of aliphatic hydroxyl groups excluding tert-OH is 1. The lowest BCUT2D eigenvalue weighted by Gasteiger charge is -2.09. The molecular weight excluding hydrogens is 279 g/mol. The zero-order valence-corrected chi connectivity index (χ0v) is 11.3. The molecular formula is C16H12ClFO2. The lowest BCUT2D eigenvalue weighted by atomic mass is 10.2. The highest BCUT2D eigenvalue weighted by atomic mass is 35.5. The van der Waals surface area contributed by atoms with Crippen LogP contribution in [0.2, 0.25) is 5.02 Å². The van der Waals surface area contributed by atoms with Crippen molar-refractivity contribution in [1.82, 2.24) is 0 Å². The molecule has 0 amide bonds. The maximum absolute atomic E-state index is 13.3. The Hall–Kier alpha value is -2.02. The summed E-state index contributed by atoms with van der Waals surface area (Å²) in [6, 6.07) is 11.3. The van der Waals surface area contributed by atoms with Gasteiger partial charge in [-0.15, -0.1) is 0 Å². The first kappa shape index (κ1) is 14.4. The van der Waals surface area contributed by atoms with Gasteiger partial charge in [-0.3, -0.25) is 0 Å². The van der Waals surface area contributed by atoms with Gasteiger partial charge in [0.1, 0.15) is 24.8 Å². The SMILES string of the molecule is OCC#Cc1ccc(F)cc1OCc1cccc(Cl)c1. The number of aliphatic hydroxyl groups is 1. The van der Waals surface area contributed by atoms with E-state index in [-0.39, 0.29) is 13.2 Å². The van der Waals surface area contributed by atoms with Gasteiger partial charge < -0.3 is 9.84 Å². The molecule has 0 aliphatic carbocycles. The Morgan fingerprint density at radius 2 is 2.05 bits per heavy atom. The average molecular weight is 291 g/mol. The predicted octanol–water partition coefficient (Wildman–Crippen LogP) is 3.40. The van der Waals surface area contributed by atoms with Gasteiger partial charge in [-0.25, -0.2) is 4.39 Å². The van der Waals surface area contributed by atoms with Crippen molar-refractivity contribution < 1.29 is 14.2 Å². The fraction of sp³-hybridized carbons (Fsp3) is 0.125. The first-order valence-corrected chi connectivity index (χ1v) is 6.33. The van der Waals surface area contributed by atoms with Gasteiger partial charge in [0.15, 0.2) is 0 Å². The molecule has 102 valence electrons. The van der Waals surface area contributed by atoms with Crippen LogP contribution in [-0.4, -0.2) is 11.7 Å². The summed E-state index contributed by atoms with van der Waals surface area (Å²) in [5.74, 6) is 5.17. The zero-order chi connectivity index (χ0) is 14.4. The van der Waals surface area contributed by atoms with Gasteiger partial charge in [-0.1, -0.05) is 35.6 Å². The van der Waals surface area contributed by atoms with Crippen molar-refractivity contribution in [2.75, 3.05) is 6.61 Å². The van der Waals surface area contributed by atoms with Gasteiger partial charge in [0.25, 0.3) is 0 Å². The highest BCUT2D eigenvalue weighted by Gasteiger charge is 2.04. The summed E-state index contributed by atoms with van der Waals surface area (Å²) in [7, 11) is 0. The lowest BCUT2D eigenvalue weighted by Crippen LogP contribution is -1.98. The maximum atomic E-state index is 13.3. The van der Waals surface area contributed by atoms with Gasteiger partial charge in [0, 0.05) is 11.1 Å². The van der Waals surface area contributed by atoms with E-state index < -0.39 is 5.82 Å². The molecule has 0 saturated carbocycles. The third-order valence-corrected chi connectivity index (χ3v) is 2.76. The van der Waals surface area contributed by atoms with E-state index in [0.717, 1.165) is 5.56 Å². The predicted molar refractivity (Wildman–Crippen MR) is 76.1 cm³/mol. The molecule has 0 radical (unpaired) electrons. The molecule has 2 rings (SSSR count). The van der Waals surface area contributed by atoms with Gasteiger partial charge in [-0.05, 0) is 29.8 Å². The molecule has 0 bridgehead atoms. The Morgan fingerprint density at radius 3 is 2.80 bits per heavy atom. The number of hydrogen-bond acceptors (Lipinski definition) is 2. The zero-order valence-electron chi connectivity index (χ0n) is 10.6. The number of benzene rings is 2. The van der Waals surface area contributed by atoms with Crippen LogP contribution in [0.25, 0.3) is 0 Å². The molecule has 0 aliphatic rings. The van der Waals surface area contributed by atoms with Crippen molar-refractivity contribution in [2.24, 2.45) is 0 Å². The maximum Gasteiger partial charge on any atom is 0.138 e. The largest absolute Gasteiger partial charge is 0.487 e. The Balaban J connectivity index is 2.17. The van der Waals surface area contributed by atoms with E-state index in [4.69, 9.17) is 21.4 Å². The second-order valence-electron chi connectivity index (χ2n) is 4.02. The Bertz CT molecular complexity index is 659. The molecule has 0 fully saturated rings. The fourth-order valence-electron chi connectivity index (χ4n) is 1.64. The first-order chi connectivity index (χ1) is 9.69. The van der Waals surface area contributed by atoms with Crippen molar-refractivity contribution in [2.45, 2.75) is 6.61 Å². The molecule has 2 nitrogen and oxygen atoms in total. The summed E-state index contributed by atoms with van der Waals surface area (Å²) in [6.45, 7) is 0.00290. The van der Waals surface area contributed by atoms with Crippen LogP contribution in [0.1, 0.15) is 11.1 Å². The molecule has 0 heterocycles. The van der Waals surface area contributed by atoms with E-state index in [2.05, 4.69) is 11.8 Å². The molecule has 0 unspecified atom stereocenters. The van der Waals surface area contributed by atoms with Crippen LogP contribution in [0.15, 0.2) is 42.5 Å². The number of halogens is 2. The topological polar surface area (TPSA) is 29.5 Å². The molecule has 0 saturated heterocycles. The molecule has 2 aromatic rings. The van der Waals surface area contributed by atoms with Gasteiger partial charge >= 0.3 is 0 Å². The molecule has 0 aliphatic heterocycles. The molecule has 0 atom stereocenters. The second-order valence-corrected chi connectivity index (χ2v) is 4.46. The lowest BCUT2D eigenvalue weighted by molar-refractivity contribution is 0.303. The van der Waals surface area contributed by atoms with Crippen LogP contribution >= 0.6 is 11.6 Å². The highest BCUT2D eigenvalue weighted by molar-refractivity contribution is 6.30. The summed E-state index contributed by atoms with van der Waals surface area (Å²) in [6.07, 6.45) is 0. The third-order valence-electron chi connectivity index (χ3n) is 2.53. The van der Waals surface area contributed by atoms with E-state index >= 15 is 0 Å². The first-order valence-electron chi connectivity index (χ1n) is 5.95. The molecule has 20 heavy (non-hydrogen) atoms. The monoisotopic (exact) mass is 290 g/mol. The summed E-state index contributed by atoms with van der Waals surface area (Å²) >= 11 is 5.89. The van der Waals surface area contributed by atoms with Crippen LogP contribution in [0.5, 0.6) is 5.75 Å². The van der Waals surface area contributed by atoms with E-state index in [1.807, 2.05) is 12.1 Å². The van der Waals surface area contributed by atoms with E-state index in [9.17, 15) is 4.39 Å². The van der Waals surface area contributed by atoms with E-state index in [1.54, 1.807) is 12.1 Å². The smallest absolute Gasteiger partial charge is 0.138 e. The van der Waals surface area contributed by atoms with Crippen molar-refractivity contribution in [3.05, 3.63) is 64.4 Å². The van der Waals surface area contributed by atoms with Gasteiger partial charge in [-0.2, -0.15) is 0 Å². The Morgan fingerprint density at radius 1 is 1.20 bits per heavy atom. The molecule has 0 aromatic heterocycles. The number of ether oxygens (including phenoxy) is 1. The molecule has 4 heteroatoms. The summed E-state index contributed by atoms with van der Waals surface area (Å²) < 4.78 is 18.8. The Labute approximate surface area is 121 Å². The Kier molecular flexibility index (Phi) is 5.00. The third kappa shape index (κ3) is 3.99. The van der Waals surface area contributed by atoms with Crippen LogP contribution < -0.4 is 4.74 Å². The van der Waals surface area contributed by atoms with Crippen molar-refractivity contribution >= 4 is 11.6 Å². The number of rotatable bonds is 3. The molecule has 0 spiro atoms. The highest BCUT2D eigenvalue weighted by Crippen LogP contribution is 2.21.